The van der Waals surface area contributed by atoms with Gasteiger partial charge in [-0.05, 0) is 0 Å². The molecule has 1 aliphatic heterocycles. The molecule has 0 bridgehead atoms. The summed E-state index contributed by atoms with van der Waals surface area (Å²) in [4.78, 5) is 20.2. The highest BCUT2D eigenvalue weighted by Gasteiger charge is 2.20. The summed E-state index contributed by atoms with van der Waals surface area (Å²) in [7, 11) is -6.00. The van der Waals surface area contributed by atoms with E-state index in [0.717, 1.165) is 0 Å². The molecule has 1 aliphatic rings. The quantitative estimate of drug-likeness (QED) is 0.346. The minimum Gasteiger partial charge on any atom is -0.418 e. The molecular formula is C4H6BF4NO2. The third-order valence-corrected chi connectivity index (χ3v) is 0.858. The predicted molar refractivity (Wildman–Crippen MR) is 33.7 cm³/mol. The Hall–Kier alpha value is -1.08. The van der Waals surface area contributed by atoms with Crippen LogP contribution in [-0.4, -0.2) is 19.1 Å². The molecular weight excluding hydrogens is 181 g/mol. The largest absolute Gasteiger partial charge is 1.00 e. The highest BCUT2D eigenvalue weighted by Crippen LogP contribution is 2.06. The van der Waals surface area contributed by atoms with Crippen LogP contribution in [0.15, 0.2) is 0 Å². The SMILES string of the molecule is F[B-](F)(F)F.O=C1CCC(=O)N1.[H+]. The topological polar surface area (TPSA) is 46.2 Å². The molecule has 1 rings (SSSR count). The highest BCUT2D eigenvalue weighted by molar-refractivity contribution is 6.50. The average molecular weight is 187 g/mol. The summed E-state index contributed by atoms with van der Waals surface area (Å²) >= 11 is 0. The van der Waals surface area contributed by atoms with Gasteiger partial charge in [-0.15, -0.1) is 0 Å². The van der Waals surface area contributed by atoms with E-state index in [4.69, 9.17) is 0 Å². The molecule has 12 heavy (non-hydrogen) atoms. The van der Waals surface area contributed by atoms with Gasteiger partial charge < -0.3 is 17.3 Å². The average Bonchev–Trinajstić information content (AvgIpc) is 2.09. The normalized spacial score (nSPS) is 16.7. The van der Waals surface area contributed by atoms with Crippen LogP contribution in [0.4, 0.5) is 17.3 Å². The minimum absolute atomic E-state index is 0. The fourth-order valence-corrected chi connectivity index (χ4v) is 0.508. The Balaban J connectivity index is 0. The number of carbonyl (C=O) groups excluding carboxylic acids is 2. The van der Waals surface area contributed by atoms with Gasteiger partial charge in [-0.3, -0.25) is 14.9 Å². The lowest BCUT2D eigenvalue weighted by Crippen LogP contribution is -2.18. The Morgan fingerprint density at radius 1 is 1.08 bits per heavy atom. The van der Waals surface area contributed by atoms with Crippen LogP contribution in [0.1, 0.15) is 14.3 Å². The number of amides is 2. The number of nitrogens with one attached hydrogen (secondary N) is 1. The van der Waals surface area contributed by atoms with Crippen LogP contribution in [0.2, 0.25) is 0 Å². The van der Waals surface area contributed by atoms with Gasteiger partial charge in [0.05, 0.1) is 0 Å². The molecule has 0 aliphatic carbocycles. The van der Waals surface area contributed by atoms with Crippen LogP contribution < -0.4 is 5.32 Å². The molecule has 8 heteroatoms. The fourth-order valence-electron chi connectivity index (χ4n) is 0.508. The monoisotopic (exact) mass is 187 g/mol. The van der Waals surface area contributed by atoms with E-state index in [-0.39, 0.29) is 13.2 Å². The number of carbonyl (C=O) groups is 2. The molecule has 70 valence electrons. The Labute approximate surface area is 66.7 Å². The molecule has 1 N–H and O–H groups in total. The molecule has 0 spiro atoms. The van der Waals surface area contributed by atoms with E-state index >= 15 is 0 Å². The van der Waals surface area contributed by atoms with Crippen molar-refractivity contribution < 1.29 is 28.3 Å². The van der Waals surface area contributed by atoms with E-state index in [9.17, 15) is 26.9 Å². The van der Waals surface area contributed by atoms with Crippen molar-refractivity contribution in [2.75, 3.05) is 0 Å². The number of imide groups is 1. The first-order valence-electron chi connectivity index (χ1n) is 2.99. The van der Waals surface area contributed by atoms with Gasteiger partial charge >= 0.3 is 8.68 Å². The zero-order valence-electron chi connectivity index (χ0n) is 6.82. The molecule has 1 saturated heterocycles. The van der Waals surface area contributed by atoms with E-state index in [2.05, 4.69) is 5.32 Å². The first kappa shape index (κ1) is 10.9. The molecule has 0 aromatic rings. The zero-order chi connectivity index (χ0) is 9.78. The van der Waals surface area contributed by atoms with Crippen molar-refractivity contribution >= 4 is 19.1 Å². The van der Waals surface area contributed by atoms with Crippen molar-refractivity contribution in [3.8, 4) is 0 Å². The maximum atomic E-state index is 10.1. The van der Waals surface area contributed by atoms with Crippen molar-refractivity contribution in [3.63, 3.8) is 0 Å². The van der Waals surface area contributed by atoms with Gasteiger partial charge in [0.15, 0.2) is 0 Å². The third-order valence-electron chi connectivity index (χ3n) is 0.858. The molecule has 1 heterocycles. The smallest absolute Gasteiger partial charge is 0.418 e. The van der Waals surface area contributed by atoms with Crippen molar-refractivity contribution in [1.29, 1.82) is 0 Å². The molecule has 0 saturated carbocycles. The van der Waals surface area contributed by atoms with Crippen molar-refractivity contribution in [2.45, 2.75) is 12.8 Å². The maximum Gasteiger partial charge on any atom is 1.00 e. The summed E-state index contributed by atoms with van der Waals surface area (Å²) in [6.07, 6.45) is 0.748. The van der Waals surface area contributed by atoms with E-state index in [0.29, 0.717) is 12.8 Å². The van der Waals surface area contributed by atoms with Crippen molar-refractivity contribution in [1.82, 2.24) is 5.32 Å². The van der Waals surface area contributed by atoms with Crippen molar-refractivity contribution in [3.05, 3.63) is 0 Å². The van der Waals surface area contributed by atoms with Gasteiger partial charge in [0.1, 0.15) is 0 Å². The number of halogens is 4. The van der Waals surface area contributed by atoms with Crippen LogP contribution >= 0.6 is 0 Å². The molecule has 1 fully saturated rings. The van der Waals surface area contributed by atoms with Crippen LogP contribution in [-0.2, 0) is 9.59 Å². The van der Waals surface area contributed by atoms with E-state index in [1.165, 1.54) is 0 Å². The van der Waals surface area contributed by atoms with Gasteiger partial charge in [0.2, 0.25) is 11.8 Å². The van der Waals surface area contributed by atoms with E-state index in [1.807, 2.05) is 0 Å². The van der Waals surface area contributed by atoms with E-state index < -0.39 is 7.25 Å². The zero-order valence-corrected chi connectivity index (χ0v) is 5.82. The maximum absolute atomic E-state index is 10.1. The molecule has 0 aromatic heterocycles. The van der Waals surface area contributed by atoms with Gasteiger partial charge in [-0.2, -0.15) is 0 Å². The Bertz CT molecular complexity index is 177. The molecule has 0 unspecified atom stereocenters. The second-order valence-corrected chi connectivity index (χ2v) is 1.97. The Morgan fingerprint density at radius 3 is 1.42 bits per heavy atom. The summed E-state index contributed by atoms with van der Waals surface area (Å²) in [5.41, 5.74) is 0. The molecule has 2 amide bonds. The highest BCUT2D eigenvalue weighted by atomic mass is 19.5. The van der Waals surface area contributed by atoms with Crippen LogP contribution in [0.5, 0.6) is 0 Å². The molecule has 0 atom stereocenters. The standard InChI is InChI=1S/C4H5NO2.BF4/c6-3-1-2-4(7)5-3;2-1(3,4)5/h1-2H2,(H,5,6,7);/q;-1/p+1. The summed E-state index contributed by atoms with van der Waals surface area (Å²) < 4.78 is 39.0. The second kappa shape index (κ2) is 4.08. The van der Waals surface area contributed by atoms with E-state index in [1.54, 1.807) is 0 Å². The lowest BCUT2D eigenvalue weighted by Gasteiger charge is -1.94. The van der Waals surface area contributed by atoms with Crippen LogP contribution in [0, 0.1) is 0 Å². The molecule has 3 nitrogen and oxygen atoms in total. The minimum atomic E-state index is -6.00. The first-order chi connectivity index (χ1) is 5.29. The Morgan fingerprint density at radius 2 is 1.33 bits per heavy atom. The van der Waals surface area contributed by atoms with Gasteiger partial charge in [0.25, 0.3) is 0 Å². The summed E-state index contributed by atoms with van der Waals surface area (Å²) in [5.74, 6) is -0.296. The first-order valence-corrected chi connectivity index (χ1v) is 2.99. The predicted octanol–water partition coefficient (Wildman–Crippen LogP) is 0.835. The number of hydrogen-bond donors (Lipinski definition) is 1. The van der Waals surface area contributed by atoms with Gasteiger partial charge in [-0.1, -0.05) is 0 Å². The van der Waals surface area contributed by atoms with Gasteiger partial charge in [0, 0.05) is 12.8 Å². The fraction of sp³-hybridized carbons (Fsp3) is 0.500. The molecule has 0 aromatic carbocycles. The lowest BCUT2D eigenvalue weighted by atomic mass is 10.3. The summed E-state index contributed by atoms with van der Waals surface area (Å²) in [5, 5.41) is 2.14. The third kappa shape index (κ3) is 8.92. The van der Waals surface area contributed by atoms with Gasteiger partial charge in [-0.25, -0.2) is 0 Å². The van der Waals surface area contributed by atoms with Crippen molar-refractivity contribution in [2.24, 2.45) is 0 Å². The second-order valence-electron chi connectivity index (χ2n) is 1.97. The number of rotatable bonds is 0. The van der Waals surface area contributed by atoms with Crippen LogP contribution in [0.3, 0.4) is 0 Å². The molecule has 0 radical (unpaired) electrons. The lowest BCUT2D eigenvalue weighted by molar-refractivity contribution is -0.124. The van der Waals surface area contributed by atoms with Crippen LogP contribution in [0.25, 0.3) is 0 Å². The Kier molecular flexibility index (Phi) is 3.71. The summed E-state index contributed by atoms with van der Waals surface area (Å²) in [6, 6.07) is 0. The number of hydrogen-bond acceptors (Lipinski definition) is 2. The summed E-state index contributed by atoms with van der Waals surface area (Å²) in [6.45, 7) is 0.